The van der Waals surface area contributed by atoms with Crippen molar-refractivity contribution in [2.45, 2.75) is 38.3 Å². The van der Waals surface area contributed by atoms with Crippen molar-refractivity contribution < 1.29 is 24.9 Å². The molecular weight excluding hydrogens is 272 g/mol. The Morgan fingerprint density at radius 1 is 1.42 bits per heavy atom. The van der Waals surface area contributed by atoms with E-state index in [0.717, 1.165) is 0 Å². The van der Waals surface area contributed by atoms with Crippen LogP contribution in [0.25, 0.3) is 0 Å². The molecule has 0 bridgehead atoms. The molecule has 0 radical (unpaired) electrons. The molecule has 0 heterocycles. The highest BCUT2D eigenvalue weighted by Gasteiger charge is 2.47. The maximum Gasteiger partial charge on any atom is 0.341 e. The highest BCUT2D eigenvalue weighted by atomic mass is 35.5. The van der Waals surface area contributed by atoms with Gasteiger partial charge < -0.3 is 20.1 Å². The van der Waals surface area contributed by atoms with E-state index in [4.69, 9.17) is 16.3 Å². The Kier molecular flexibility index (Phi) is 5.31. The number of aliphatic hydroxyl groups is 2. The smallest absolute Gasteiger partial charge is 0.341 e. The molecule has 1 rings (SSSR count). The van der Waals surface area contributed by atoms with Crippen LogP contribution in [0, 0.1) is 0 Å². The number of ether oxygens (including phenoxy) is 1. The predicted molar refractivity (Wildman–Crippen MR) is 70.0 cm³/mol. The number of aliphatic hydroxyl groups excluding tert-OH is 1. The third-order valence-corrected chi connectivity index (χ3v) is 2.82. The Balaban J connectivity index is 3.12. The molecule has 19 heavy (non-hydrogen) atoms. The maximum absolute atomic E-state index is 11.4. The van der Waals surface area contributed by atoms with Crippen molar-refractivity contribution in [2.24, 2.45) is 0 Å². The highest BCUT2D eigenvalue weighted by molar-refractivity contribution is 6.30. The lowest BCUT2D eigenvalue weighted by Gasteiger charge is -2.33. The van der Waals surface area contributed by atoms with Gasteiger partial charge in [0.15, 0.2) is 6.29 Å². The number of carboxylic acids is 1. The van der Waals surface area contributed by atoms with Crippen molar-refractivity contribution in [1.29, 1.82) is 0 Å². The second kappa shape index (κ2) is 6.34. The molecule has 1 atom stereocenters. The number of benzene rings is 1. The van der Waals surface area contributed by atoms with Crippen LogP contribution >= 0.6 is 11.6 Å². The Hall–Kier alpha value is -1.14. The molecular formula is C13H17ClO5. The summed E-state index contributed by atoms with van der Waals surface area (Å²) in [6.45, 7) is 3.25. The lowest BCUT2D eigenvalue weighted by Crippen LogP contribution is -2.54. The van der Waals surface area contributed by atoms with E-state index in [1.807, 2.05) is 0 Å². The van der Waals surface area contributed by atoms with Crippen LogP contribution < -0.4 is 0 Å². The summed E-state index contributed by atoms with van der Waals surface area (Å²) in [6.07, 6.45) is -2.82. The van der Waals surface area contributed by atoms with E-state index < -0.39 is 24.0 Å². The van der Waals surface area contributed by atoms with Crippen molar-refractivity contribution in [3.8, 4) is 0 Å². The van der Waals surface area contributed by atoms with E-state index in [1.165, 1.54) is 0 Å². The second-order valence-electron chi connectivity index (χ2n) is 4.54. The summed E-state index contributed by atoms with van der Waals surface area (Å²) in [6, 6.07) is 6.51. The van der Waals surface area contributed by atoms with Gasteiger partial charge in [0.1, 0.15) is 0 Å². The van der Waals surface area contributed by atoms with Gasteiger partial charge in [0.05, 0.1) is 6.10 Å². The van der Waals surface area contributed by atoms with Gasteiger partial charge in [-0.3, -0.25) is 0 Å². The summed E-state index contributed by atoms with van der Waals surface area (Å²) in [5.41, 5.74) is -1.57. The van der Waals surface area contributed by atoms with Gasteiger partial charge in [-0.25, -0.2) is 4.79 Å². The molecule has 1 unspecified atom stereocenters. The third kappa shape index (κ3) is 3.91. The Bertz CT molecular complexity index is 446. The van der Waals surface area contributed by atoms with E-state index >= 15 is 0 Å². The monoisotopic (exact) mass is 288 g/mol. The van der Waals surface area contributed by atoms with Crippen LogP contribution in [0.2, 0.25) is 5.02 Å². The van der Waals surface area contributed by atoms with E-state index in [9.17, 15) is 20.1 Å². The predicted octanol–water partition coefficient (Wildman–Crippen LogP) is 1.44. The van der Waals surface area contributed by atoms with Gasteiger partial charge in [0, 0.05) is 11.4 Å². The zero-order valence-electron chi connectivity index (χ0n) is 10.7. The number of carboxylic acid groups (broad SMARTS) is 1. The summed E-state index contributed by atoms with van der Waals surface area (Å²) >= 11 is 5.83. The molecule has 1 aromatic carbocycles. The van der Waals surface area contributed by atoms with Gasteiger partial charge in [-0.2, -0.15) is 0 Å². The van der Waals surface area contributed by atoms with Gasteiger partial charge in [-0.05, 0) is 31.5 Å². The lowest BCUT2D eigenvalue weighted by atomic mass is 9.93. The molecule has 0 aliphatic carbocycles. The van der Waals surface area contributed by atoms with Crippen LogP contribution in [0.15, 0.2) is 24.3 Å². The molecule has 6 heteroatoms. The second-order valence-corrected chi connectivity index (χ2v) is 4.98. The number of halogens is 1. The fraction of sp³-hybridized carbons (Fsp3) is 0.462. The fourth-order valence-electron chi connectivity index (χ4n) is 1.80. The zero-order chi connectivity index (χ0) is 14.6. The van der Waals surface area contributed by atoms with Crippen molar-refractivity contribution in [2.75, 3.05) is 0 Å². The first kappa shape index (κ1) is 15.9. The maximum atomic E-state index is 11.4. The summed E-state index contributed by atoms with van der Waals surface area (Å²) in [5, 5.41) is 28.6. The zero-order valence-corrected chi connectivity index (χ0v) is 11.5. The molecule has 3 N–H and O–H groups in total. The summed E-state index contributed by atoms with van der Waals surface area (Å²) in [7, 11) is 0. The Morgan fingerprint density at radius 2 is 2.05 bits per heavy atom. The van der Waals surface area contributed by atoms with Gasteiger partial charge in [-0.1, -0.05) is 23.7 Å². The average Bonchev–Trinajstić information content (AvgIpc) is 2.26. The van der Waals surface area contributed by atoms with Crippen LogP contribution in [0.1, 0.15) is 19.4 Å². The van der Waals surface area contributed by atoms with Crippen LogP contribution in [-0.4, -0.2) is 39.3 Å². The van der Waals surface area contributed by atoms with Crippen LogP contribution in [0.3, 0.4) is 0 Å². The molecule has 0 spiro atoms. The molecule has 0 saturated carbocycles. The van der Waals surface area contributed by atoms with Crippen molar-refractivity contribution in [3.63, 3.8) is 0 Å². The number of hydrogen-bond donors (Lipinski definition) is 3. The van der Waals surface area contributed by atoms with Crippen molar-refractivity contribution >= 4 is 17.6 Å². The normalized spacial score (nSPS) is 14.7. The van der Waals surface area contributed by atoms with Crippen LogP contribution in [0.4, 0.5) is 0 Å². The summed E-state index contributed by atoms with van der Waals surface area (Å²) in [5.74, 6) is -1.43. The van der Waals surface area contributed by atoms with Crippen LogP contribution in [-0.2, 0) is 16.0 Å². The highest BCUT2D eigenvalue weighted by Crippen LogP contribution is 2.25. The first-order chi connectivity index (χ1) is 8.78. The largest absolute Gasteiger partial charge is 0.479 e. The van der Waals surface area contributed by atoms with Gasteiger partial charge >= 0.3 is 5.97 Å². The first-order valence-electron chi connectivity index (χ1n) is 5.79. The lowest BCUT2D eigenvalue weighted by molar-refractivity contribution is -0.232. The van der Waals surface area contributed by atoms with E-state index in [0.29, 0.717) is 10.6 Å². The topological polar surface area (TPSA) is 87.0 Å². The number of hydrogen-bond acceptors (Lipinski definition) is 4. The number of rotatable bonds is 6. The quantitative estimate of drug-likeness (QED) is 0.690. The van der Waals surface area contributed by atoms with Gasteiger partial charge in [-0.15, -0.1) is 0 Å². The molecule has 0 amide bonds. The average molecular weight is 289 g/mol. The van der Waals surface area contributed by atoms with E-state index in [2.05, 4.69) is 0 Å². The molecule has 0 fully saturated rings. The number of carbonyl (C=O) groups is 1. The SMILES string of the molecule is CC(C)OC(Cc1cccc(Cl)c1)(C(=O)O)C(O)O. The first-order valence-corrected chi connectivity index (χ1v) is 6.17. The minimum atomic E-state index is -2.15. The molecule has 0 aromatic heterocycles. The van der Waals surface area contributed by atoms with Crippen molar-refractivity contribution in [1.82, 2.24) is 0 Å². The molecule has 1 aromatic rings. The van der Waals surface area contributed by atoms with E-state index in [1.54, 1.807) is 38.1 Å². The molecule has 0 aliphatic heterocycles. The molecule has 106 valence electrons. The molecule has 5 nitrogen and oxygen atoms in total. The number of aliphatic carboxylic acids is 1. The van der Waals surface area contributed by atoms with Crippen LogP contribution in [0.5, 0.6) is 0 Å². The standard InChI is InChI=1S/C13H17ClO5/c1-8(2)19-13(11(15)16,12(17)18)7-9-4-3-5-10(14)6-9/h3-6,8,11,15-16H,7H2,1-2H3,(H,17,18). The van der Waals surface area contributed by atoms with E-state index in [-0.39, 0.29) is 6.42 Å². The fourth-order valence-corrected chi connectivity index (χ4v) is 2.01. The summed E-state index contributed by atoms with van der Waals surface area (Å²) in [4.78, 5) is 11.4. The van der Waals surface area contributed by atoms with Crippen molar-refractivity contribution in [3.05, 3.63) is 34.9 Å². The molecule has 0 saturated heterocycles. The third-order valence-electron chi connectivity index (χ3n) is 2.58. The Morgan fingerprint density at radius 3 is 2.47 bits per heavy atom. The Labute approximate surface area is 116 Å². The molecule has 0 aliphatic rings. The minimum absolute atomic E-state index is 0.196. The minimum Gasteiger partial charge on any atom is -0.479 e. The summed E-state index contributed by atoms with van der Waals surface area (Å²) < 4.78 is 5.26. The van der Waals surface area contributed by atoms with Gasteiger partial charge in [0.25, 0.3) is 0 Å². The van der Waals surface area contributed by atoms with Gasteiger partial charge in [0.2, 0.25) is 5.60 Å².